The van der Waals surface area contributed by atoms with Crippen LogP contribution < -0.4 is 14.8 Å². The second kappa shape index (κ2) is 9.83. The third-order valence-electron chi connectivity index (χ3n) is 5.22. The van der Waals surface area contributed by atoms with Crippen LogP contribution in [0.3, 0.4) is 0 Å². The number of carbonyl (C=O) groups is 1. The summed E-state index contributed by atoms with van der Waals surface area (Å²) in [5.74, 6) is 1.92. The van der Waals surface area contributed by atoms with Gasteiger partial charge in [0.05, 0.1) is 32.1 Å². The monoisotopic (exact) mass is 438 g/mol. The lowest BCUT2D eigenvalue weighted by atomic mass is 9.95. The summed E-state index contributed by atoms with van der Waals surface area (Å²) in [6, 6.07) is 9.36. The van der Waals surface area contributed by atoms with Gasteiger partial charge in [0.2, 0.25) is 0 Å². The van der Waals surface area contributed by atoms with Crippen molar-refractivity contribution >= 4 is 28.5 Å². The first-order chi connectivity index (χ1) is 15.2. The molecule has 0 saturated carbocycles. The summed E-state index contributed by atoms with van der Waals surface area (Å²) in [4.78, 5) is 19.1. The molecule has 0 fully saturated rings. The molecule has 0 atom stereocenters. The molecule has 0 bridgehead atoms. The standard InChI is InChI=1S/C24H26N2O4S/c1-3-29-22-16(8-6-11-19(22)28-2)14-26-24-21(18-10-4-5-12-20(18)31-24)23(27)25-15-17-9-7-13-30-17/h6-9,11,13-14H,3-5,10,12,15H2,1-2H3,(H,25,27). The van der Waals surface area contributed by atoms with Gasteiger partial charge in [-0.15, -0.1) is 11.3 Å². The predicted molar refractivity (Wildman–Crippen MR) is 122 cm³/mol. The van der Waals surface area contributed by atoms with E-state index in [4.69, 9.17) is 18.9 Å². The largest absolute Gasteiger partial charge is 0.493 e. The molecule has 3 aromatic rings. The topological polar surface area (TPSA) is 73.1 Å². The number of benzene rings is 1. The molecular formula is C24H26N2O4S. The van der Waals surface area contributed by atoms with Crippen molar-refractivity contribution in [2.45, 2.75) is 39.2 Å². The van der Waals surface area contributed by atoms with Crippen molar-refractivity contribution < 1.29 is 18.7 Å². The highest BCUT2D eigenvalue weighted by Gasteiger charge is 2.25. The number of ether oxygens (including phenoxy) is 2. The fourth-order valence-corrected chi connectivity index (χ4v) is 5.00. The van der Waals surface area contributed by atoms with E-state index in [2.05, 4.69) is 5.32 Å². The van der Waals surface area contributed by atoms with Gasteiger partial charge in [-0.3, -0.25) is 4.79 Å². The van der Waals surface area contributed by atoms with Crippen LogP contribution in [0.25, 0.3) is 0 Å². The molecule has 2 heterocycles. The molecule has 0 radical (unpaired) electrons. The van der Waals surface area contributed by atoms with E-state index in [1.54, 1.807) is 30.9 Å². The molecule has 31 heavy (non-hydrogen) atoms. The number of para-hydroxylation sites is 1. The van der Waals surface area contributed by atoms with E-state index in [1.807, 2.05) is 37.3 Å². The Morgan fingerprint density at radius 3 is 2.90 bits per heavy atom. The van der Waals surface area contributed by atoms with Crippen LogP contribution in [0.4, 0.5) is 5.00 Å². The maximum atomic E-state index is 13.1. The normalized spacial score (nSPS) is 13.2. The quantitative estimate of drug-likeness (QED) is 0.484. The summed E-state index contributed by atoms with van der Waals surface area (Å²) in [6.07, 6.45) is 7.51. The summed E-state index contributed by atoms with van der Waals surface area (Å²) < 4.78 is 16.6. The van der Waals surface area contributed by atoms with E-state index in [-0.39, 0.29) is 5.91 Å². The van der Waals surface area contributed by atoms with Crippen LogP contribution in [0.15, 0.2) is 46.0 Å². The first kappa shape index (κ1) is 21.2. The molecule has 2 aromatic heterocycles. The predicted octanol–water partition coefficient (Wildman–Crippen LogP) is 5.31. The number of carbonyl (C=O) groups excluding carboxylic acids is 1. The molecule has 1 aliphatic carbocycles. The maximum absolute atomic E-state index is 13.1. The highest BCUT2D eigenvalue weighted by atomic mass is 32.1. The molecule has 6 nitrogen and oxygen atoms in total. The summed E-state index contributed by atoms with van der Waals surface area (Å²) in [5.41, 5.74) is 2.63. The summed E-state index contributed by atoms with van der Waals surface area (Å²) >= 11 is 1.61. The molecule has 4 rings (SSSR count). The number of methoxy groups -OCH3 is 1. The number of amides is 1. The molecule has 1 amide bonds. The molecule has 0 saturated heterocycles. The third kappa shape index (κ3) is 4.66. The minimum atomic E-state index is -0.112. The molecule has 0 unspecified atom stereocenters. The smallest absolute Gasteiger partial charge is 0.255 e. The highest BCUT2D eigenvalue weighted by molar-refractivity contribution is 7.16. The van der Waals surface area contributed by atoms with E-state index in [0.717, 1.165) is 47.6 Å². The fourth-order valence-electron chi connectivity index (χ4n) is 3.77. The van der Waals surface area contributed by atoms with Crippen molar-refractivity contribution in [1.82, 2.24) is 5.32 Å². The highest BCUT2D eigenvalue weighted by Crippen LogP contribution is 2.40. The van der Waals surface area contributed by atoms with Gasteiger partial charge in [-0.05, 0) is 62.4 Å². The number of nitrogens with one attached hydrogen (secondary N) is 1. The van der Waals surface area contributed by atoms with Gasteiger partial charge in [-0.1, -0.05) is 6.07 Å². The summed E-state index contributed by atoms with van der Waals surface area (Å²) in [6.45, 7) is 2.81. The Bertz CT molecular complexity index is 1070. The van der Waals surface area contributed by atoms with Gasteiger partial charge in [-0.2, -0.15) is 0 Å². The molecule has 7 heteroatoms. The Hall–Kier alpha value is -3.06. The van der Waals surface area contributed by atoms with Gasteiger partial charge in [0, 0.05) is 16.7 Å². The lowest BCUT2D eigenvalue weighted by Gasteiger charge is -2.12. The third-order valence-corrected chi connectivity index (χ3v) is 6.42. The van der Waals surface area contributed by atoms with Gasteiger partial charge in [-0.25, -0.2) is 4.99 Å². The van der Waals surface area contributed by atoms with Crippen molar-refractivity contribution in [3.8, 4) is 11.5 Å². The van der Waals surface area contributed by atoms with Crippen LogP contribution in [0.2, 0.25) is 0 Å². The van der Waals surface area contributed by atoms with E-state index < -0.39 is 0 Å². The zero-order chi connectivity index (χ0) is 21.6. The number of nitrogens with zero attached hydrogens (tertiary/aromatic N) is 1. The Labute approximate surface area is 185 Å². The minimum Gasteiger partial charge on any atom is -0.493 e. The van der Waals surface area contributed by atoms with E-state index in [9.17, 15) is 4.79 Å². The Kier molecular flexibility index (Phi) is 6.72. The number of fused-ring (bicyclic) bond motifs is 1. The second-order valence-corrected chi connectivity index (χ2v) is 8.31. The van der Waals surface area contributed by atoms with Gasteiger partial charge in [0.15, 0.2) is 11.5 Å². The average molecular weight is 439 g/mol. The number of aliphatic imine (C=N–C) groups is 1. The second-order valence-electron chi connectivity index (χ2n) is 7.22. The van der Waals surface area contributed by atoms with Crippen LogP contribution in [0.1, 0.15) is 51.9 Å². The first-order valence-electron chi connectivity index (χ1n) is 10.5. The van der Waals surface area contributed by atoms with Crippen LogP contribution in [0.5, 0.6) is 11.5 Å². The van der Waals surface area contributed by atoms with Crippen LogP contribution in [-0.4, -0.2) is 25.8 Å². The number of hydrogen-bond donors (Lipinski definition) is 1. The summed E-state index contributed by atoms with van der Waals surface area (Å²) in [7, 11) is 1.62. The Morgan fingerprint density at radius 2 is 2.13 bits per heavy atom. The zero-order valence-electron chi connectivity index (χ0n) is 17.8. The SMILES string of the molecule is CCOc1c(C=Nc2sc3c(c2C(=O)NCc2ccco2)CCCC3)cccc1OC. The average Bonchev–Trinajstić information content (AvgIpc) is 3.44. The van der Waals surface area contributed by atoms with Crippen LogP contribution in [-0.2, 0) is 19.4 Å². The van der Waals surface area contributed by atoms with Gasteiger partial charge in [0.25, 0.3) is 5.91 Å². The van der Waals surface area contributed by atoms with Crippen LogP contribution in [0, 0.1) is 0 Å². The summed E-state index contributed by atoms with van der Waals surface area (Å²) in [5, 5.41) is 3.71. The van der Waals surface area contributed by atoms with Gasteiger partial charge < -0.3 is 19.2 Å². The molecule has 162 valence electrons. The molecule has 0 spiro atoms. The van der Waals surface area contributed by atoms with Crippen molar-refractivity contribution in [3.63, 3.8) is 0 Å². The van der Waals surface area contributed by atoms with E-state index in [0.29, 0.717) is 30.2 Å². The number of aryl methyl sites for hydroxylation is 1. The zero-order valence-corrected chi connectivity index (χ0v) is 18.6. The Balaban J connectivity index is 1.65. The maximum Gasteiger partial charge on any atom is 0.255 e. The van der Waals surface area contributed by atoms with Crippen molar-refractivity contribution in [2.75, 3.05) is 13.7 Å². The van der Waals surface area contributed by atoms with Gasteiger partial charge >= 0.3 is 0 Å². The van der Waals surface area contributed by atoms with Crippen molar-refractivity contribution in [1.29, 1.82) is 0 Å². The van der Waals surface area contributed by atoms with Gasteiger partial charge in [0.1, 0.15) is 10.8 Å². The number of hydrogen-bond acceptors (Lipinski definition) is 6. The number of furan rings is 1. The van der Waals surface area contributed by atoms with E-state index in [1.165, 1.54) is 4.88 Å². The first-order valence-corrected chi connectivity index (χ1v) is 11.3. The van der Waals surface area contributed by atoms with Crippen molar-refractivity contribution in [3.05, 3.63) is 63.9 Å². The molecule has 1 aliphatic rings. The lowest BCUT2D eigenvalue weighted by molar-refractivity contribution is 0.0948. The molecule has 1 N–H and O–H groups in total. The molecular weight excluding hydrogens is 412 g/mol. The number of thiophene rings is 1. The van der Waals surface area contributed by atoms with Crippen molar-refractivity contribution in [2.24, 2.45) is 4.99 Å². The fraction of sp³-hybridized carbons (Fsp3) is 0.333. The Morgan fingerprint density at radius 1 is 1.26 bits per heavy atom. The lowest BCUT2D eigenvalue weighted by Crippen LogP contribution is -2.23. The molecule has 0 aliphatic heterocycles. The molecule has 1 aromatic carbocycles. The van der Waals surface area contributed by atoms with E-state index >= 15 is 0 Å². The minimum absolute atomic E-state index is 0.112. The number of rotatable bonds is 8. The van der Waals surface area contributed by atoms with Crippen LogP contribution >= 0.6 is 11.3 Å².